The normalized spacial score (nSPS) is 10.4. The summed E-state index contributed by atoms with van der Waals surface area (Å²) in [5, 5.41) is 19.4. The lowest BCUT2D eigenvalue weighted by atomic mass is 10.2. The lowest BCUT2D eigenvalue weighted by molar-refractivity contribution is -0.137. The van der Waals surface area contributed by atoms with Gasteiger partial charge in [-0.05, 0) is 6.42 Å². The highest BCUT2D eigenvalue weighted by molar-refractivity contribution is 5.66. The molecule has 0 aromatic carbocycles. The number of anilines is 1. The molecule has 0 aliphatic heterocycles. The number of aryl methyl sites for hydroxylation is 1. The topological polar surface area (TPSA) is 106 Å². The van der Waals surface area contributed by atoms with E-state index in [1.807, 2.05) is 6.07 Å². The van der Waals surface area contributed by atoms with Crippen molar-refractivity contribution in [3.05, 3.63) is 30.0 Å². The van der Waals surface area contributed by atoms with Crippen LogP contribution < -0.4 is 5.32 Å². The molecule has 20 heavy (non-hydrogen) atoms. The van der Waals surface area contributed by atoms with Gasteiger partial charge in [-0.25, -0.2) is 14.6 Å². The summed E-state index contributed by atoms with van der Waals surface area (Å²) in [5.74, 6) is -0.231. The number of aliphatic carboxylic acids is 1. The van der Waals surface area contributed by atoms with Gasteiger partial charge in [-0.3, -0.25) is 4.79 Å². The maximum Gasteiger partial charge on any atom is 0.325 e. The molecule has 2 aromatic rings. The van der Waals surface area contributed by atoms with Crippen LogP contribution in [0.2, 0.25) is 0 Å². The Bertz CT molecular complexity index is 583. The van der Waals surface area contributed by atoms with Gasteiger partial charge < -0.3 is 10.4 Å². The van der Waals surface area contributed by atoms with Crippen molar-refractivity contribution in [2.45, 2.75) is 32.9 Å². The Morgan fingerprint density at radius 2 is 2.25 bits per heavy atom. The minimum Gasteiger partial charge on any atom is -0.480 e. The lowest BCUT2D eigenvalue weighted by Crippen LogP contribution is -2.09. The van der Waals surface area contributed by atoms with Gasteiger partial charge in [0.2, 0.25) is 0 Å². The van der Waals surface area contributed by atoms with Crippen molar-refractivity contribution in [3.63, 3.8) is 0 Å². The molecule has 0 unspecified atom stereocenters. The Kier molecular flexibility index (Phi) is 4.59. The van der Waals surface area contributed by atoms with Crippen LogP contribution in [0.5, 0.6) is 0 Å². The zero-order chi connectivity index (χ0) is 14.4. The number of aromatic nitrogens is 5. The average molecular weight is 276 g/mol. The largest absolute Gasteiger partial charge is 0.480 e. The van der Waals surface area contributed by atoms with Crippen molar-refractivity contribution >= 4 is 11.8 Å². The van der Waals surface area contributed by atoms with Crippen LogP contribution in [0.3, 0.4) is 0 Å². The third-order valence-corrected chi connectivity index (χ3v) is 2.56. The van der Waals surface area contributed by atoms with Crippen LogP contribution in [0.4, 0.5) is 5.82 Å². The van der Waals surface area contributed by atoms with E-state index in [1.54, 1.807) is 6.20 Å². The molecule has 0 saturated heterocycles. The second-order valence-corrected chi connectivity index (χ2v) is 4.30. The van der Waals surface area contributed by atoms with Crippen molar-refractivity contribution in [2.75, 3.05) is 5.32 Å². The molecule has 106 valence electrons. The van der Waals surface area contributed by atoms with Crippen LogP contribution in [-0.4, -0.2) is 36.0 Å². The molecule has 0 atom stereocenters. The van der Waals surface area contributed by atoms with E-state index in [1.165, 1.54) is 11.0 Å². The molecule has 0 fully saturated rings. The molecule has 2 rings (SSSR count). The van der Waals surface area contributed by atoms with Gasteiger partial charge in [0.15, 0.2) is 0 Å². The van der Waals surface area contributed by atoms with E-state index in [9.17, 15) is 4.79 Å². The smallest absolute Gasteiger partial charge is 0.325 e. The zero-order valence-corrected chi connectivity index (χ0v) is 11.2. The monoisotopic (exact) mass is 276 g/mol. The highest BCUT2D eigenvalue weighted by Gasteiger charge is 2.05. The molecule has 0 bridgehead atoms. The van der Waals surface area contributed by atoms with Crippen molar-refractivity contribution in [1.29, 1.82) is 0 Å². The summed E-state index contributed by atoms with van der Waals surface area (Å²) in [7, 11) is 0. The van der Waals surface area contributed by atoms with E-state index in [4.69, 9.17) is 5.11 Å². The lowest BCUT2D eigenvalue weighted by Gasteiger charge is -2.04. The third-order valence-electron chi connectivity index (χ3n) is 2.56. The Labute approximate surface area is 115 Å². The van der Waals surface area contributed by atoms with E-state index < -0.39 is 5.97 Å². The summed E-state index contributed by atoms with van der Waals surface area (Å²) in [6, 6.07) is 1.89. The molecular weight excluding hydrogens is 260 g/mol. The molecule has 2 heterocycles. The Morgan fingerprint density at radius 1 is 1.40 bits per heavy atom. The van der Waals surface area contributed by atoms with Crippen LogP contribution in [-0.2, 0) is 24.3 Å². The first-order valence-corrected chi connectivity index (χ1v) is 6.33. The number of carboxylic acids is 1. The van der Waals surface area contributed by atoms with Gasteiger partial charge in [0.1, 0.15) is 24.4 Å². The molecule has 0 saturated carbocycles. The Morgan fingerprint density at radius 3 is 3.00 bits per heavy atom. The summed E-state index contributed by atoms with van der Waals surface area (Å²) < 4.78 is 1.28. The molecule has 8 nitrogen and oxygen atoms in total. The minimum absolute atomic E-state index is 0.193. The number of carbonyl (C=O) groups is 1. The maximum absolute atomic E-state index is 10.5. The molecule has 2 N–H and O–H groups in total. The number of hydrogen-bond donors (Lipinski definition) is 2. The number of hydrogen-bond acceptors (Lipinski definition) is 6. The van der Waals surface area contributed by atoms with Gasteiger partial charge in [0, 0.05) is 11.8 Å². The first kappa shape index (κ1) is 13.9. The summed E-state index contributed by atoms with van der Waals surface area (Å²) >= 11 is 0. The number of carboxylic acid groups (broad SMARTS) is 1. The number of rotatable bonds is 7. The summed E-state index contributed by atoms with van der Waals surface area (Å²) in [6.45, 7) is 2.33. The van der Waals surface area contributed by atoms with Crippen molar-refractivity contribution in [3.8, 4) is 0 Å². The number of nitrogens with zero attached hydrogens (tertiary/aromatic N) is 5. The van der Waals surface area contributed by atoms with Crippen LogP contribution in [0.1, 0.15) is 24.7 Å². The molecule has 0 radical (unpaired) electrons. The van der Waals surface area contributed by atoms with E-state index in [-0.39, 0.29) is 6.54 Å². The molecule has 0 aliphatic rings. The molecule has 2 aromatic heterocycles. The quantitative estimate of drug-likeness (QED) is 0.767. The maximum atomic E-state index is 10.5. The fraction of sp³-hybridized carbons (Fsp3) is 0.417. The van der Waals surface area contributed by atoms with Crippen molar-refractivity contribution in [2.24, 2.45) is 0 Å². The molecule has 8 heteroatoms. The average Bonchev–Trinajstić information content (AvgIpc) is 2.84. The highest BCUT2D eigenvalue weighted by Crippen LogP contribution is 2.07. The van der Waals surface area contributed by atoms with E-state index >= 15 is 0 Å². The molecule has 0 aliphatic carbocycles. The summed E-state index contributed by atoms with van der Waals surface area (Å²) in [4.78, 5) is 18.8. The van der Waals surface area contributed by atoms with Crippen LogP contribution >= 0.6 is 0 Å². The van der Waals surface area contributed by atoms with Crippen LogP contribution in [0.15, 0.2) is 18.6 Å². The zero-order valence-electron chi connectivity index (χ0n) is 11.2. The fourth-order valence-corrected chi connectivity index (χ4v) is 1.70. The molecule has 0 amide bonds. The third kappa shape index (κ3) is 4.01. The van der Waals surface area contributed by atoms with E-state index in [0.29, 0.717) is 12.2 Å². The predicted octanol–water partition coefficient (Wildman–Crippen LogP) is 0.717. The standard InChI is InChI=1S/C12H16N6O2/c1-2-3-9-4-11(15-8-14-9)13-5-10-6-18(17-16-10)7-12(19)20/h4,6,8H,2-3,5,7H2,1H3,(H,19,20)(H,13,14,15). The SMILES string of the molecule is CCCc1cc(NCc2cn(CC(=O)O)nn2)ncn1. The predicted molar refractivity (Wildman–Crippen MR) is 71.0 cm³/mol. The van der Waals surface area contributed by atoms with E-state index in [0.717, 1.165) is 24.4 Å². The first-order chi connectivity index (χ1) is 9.67. The van der Waals surface area contributed by atoms with Gasteiger partial charge in [-0.2, -0.15) is 0 Å². The first-order valence-electron chi connectivity index (χ1n) is 6.33. The second kappa shape index (κ2) is 6.60. The van der Waals surface area contributed by atoms with Gasteiger partial charge >= 0.3 is 5.97 Å². The number of nitrogens with one attached hydrogen (secondary N) is 1. The van der Waals surface area contributed by atoms with Gasteiger partial charge in [-0.15, -0.1) is 5.10 Å². The van der Waals surface area contributed by atoms with Crippen LogP contribution in [0.25, 0.3) is 0 Å². The summed E-state index contributed by atoms with van der Waals surface area (Å²) in [6.07, 6.45) is 5.05. The van der Waals surface area contributed by atoms with Gasteiger partial charge in [-0.1, -0.05) is 18.6 Å². The summed E-state index contributed by atoms with van der Waals surface area (Å²) in [5.41, 5.74) is 1.64. The minimum atomic E-state index is -0.950. The Hall–Kier alpha value is -2.51. The molecule has 0 spiro atoms. The van der Waals surface area contributed by atoms with Crippen LogP contribution in [0, 0.1) is 0 Å². The van der Waals surface area contributed by atoms with E-state index in [2.05, 4.69) is 32.5 Å². The fourth-order valence-electron chi connectivity index (χ4n) is 1.70. The Balaban J connectivity index is 1.92. The van der Waals surface area contributed by atoms with Crippen molar-refractivity contribution in [1.82, 2.24) is 25.0 Å². The van der Waals surface area contributed by atoms with Gasteiger partial charge in [0.25, 0.3) is 0 Å². The second-order valence-electron chi connectivity index (χ2n) is 4.30. The highest BCUT2D eigenvalue weighted by atomic mass is 16.4. The molecular formula is C12H16N6O2. The van der Waals surface area contributed by atoms with Crippen molar-refractivity contribution < 1.29 is 9.90 Å². The van der Waals surface area contributed by atoms with Gasteiger partial charge in [0.05, 0.1) is 12.7 Å².